The highest BCUT2D eigenvalue weighted by Crippen LogP contribution is 2.45. The Morgan fingerprint density at radius 2 is 1.54 bits per heavy atom. The molecule has 5 heteroatoms. The highest BCUT2D eigenvalue weighted by atomic mass is 28.2. The van der Waals surface area contributed by atoms with Gasteiger partial charge in [0.2, 0.25) is 0 Å². The first-order chi connectivity index (χ1) is 12.7. The minimum atomic E-state index is -0.693. The molecule has 4 nitrogen and oxygen atoms in total. The van der Waals surface area contributed by atoms with Crippen molar-refractivity contribution in [2.24, 2.45) is 11.3 Å². The predicted octanol–water partition coefficient (Wildman–Crippen LogP) is 4.91. The number of methoxy groups -OCH3 is 1. The van der Waals surface area contributed by atoms with E-state index in [1.54, 1.807) is 20.1 Å². The predicted molar refractivity (Wildman–Crippen MR) is 115 cm³/mol. The largest absolute Gasteiger partial charge is 0.538 e. The molecule has 0 spiro atoms. The van der Waals surface area contributed by atoms with Crippen LogP contribution in [-0.4, -0.2) is 29.2 Å². The Hall–Kier alpha value is -1.88. The van der Waals surface area contributed by atoms with E-state index in [0.29, 0.717) is 11.5 Å². The lowest BCUT2D eigenvalue weighted by Crippen LogP contribution is -2.30. The van der Waals surface area contributed by atoms with Crippen molar-refractivity contribution >= 4 is 28.1 Å². The van der Waals surface area contributed by atoms with Crippen LogP contribution in [0.25, 0.3) is 6.08 Å². The minimum Gasteiger partial charge on any atom is -0.538 e. The number of rotatable bonds is 6. The van der Waals surface area contributed by atoms with Gasteiger partial charge in [-0.3, -0.25) is 9.59 Å². The van der Waals surface area contributed by atoms with E-state index in [-0.39, 0.29) is 17.0 Å². The van der Waals surface area contributed by atoms with Crippen LogP contribution in [0.5, 0.6) is 11.5 Å². The van der Waals surface area contributed by atoms with Gasteiger partial charge >= 0.3 is 10.5 Å². The molecule has 1 rings (SSSR count). The fourth-order valence-electron chi connectivity index (χ4n) is 3.45. The van der Waals surface area contributed by atoms with Crippen molar-refractivity contribution in [3.05, 3.63) is 28.3 Å². The van der Waals surface area contributed by atoms with Gasteiger partial charge in [0, 0.05) is 16.5 Å². The zero-order valence-electron chi connectivity index (χ0n) is 18.9. The number of allylic oxidation sites excluding steroid dienone is 1. The van der Waals surface area contributed by atoms with E-state index in [0.717, 1.165) is 22.3 Å². The fraction of sp³-hybridized carbons (Fsp3) is 0.565. The van der Waals surface area contributed by atoms with Crippen molar-refractivity contribution in [2.75, 3.05) is 7.11 Å². The number of hydrogen-bond acceptors (Lipinski definition) is 4. The summed E-state index contributed by atoms with van der Waals surface area (Å²) < 4.78 is 11.2. The van der Waals surface area contributed by atoms with Gasteiger partial charge in [0.1, 0.15) is 5.78 Å². The third-order valence-corrected chi connectivity index (χ3v) is 5.25. The summed E-state index contributed by atoms with van der Waals surface area (Å²) >= 11 is 0. The van der Waals surface area contributed by atoms with Gasteiger partial charge in [-0.15, -0.1) is 0 Å². The molecule has 0 aliphatic heterocycles. The van der Waals surface area contributed by atoms with E-state index < -0.39 is 11.3 Å². The Morgan fingerprint density at radius 1 is 1.00 bits per heavy atom. The van der Waals surface area contributed by atoms with E-state index in [9.17, 15) is 9.59 Å². The molecule has 1 atom stereocenters. The van der Waals surface area contributed by atoms with Crippen molar-refractivity contribution < 1.29 is 18.8 Å². The minimum absolute atomic E-state index is 0.0766. The molecule has 0 heterocycles. The molecular formula is C23H33O4Si. The quantitative estimate of drug-likeness (QED) is 0.386. The Morgan fingerprint density at radius 3 is 1.93 bits per heavy atom. The van der Waals surface area contributed by atoms with E-state index in [1.807, 2.05) is 34.6 Å². The summed E-state index contributed by atoms with van der Waals surface area (Å²) in [6.45, 7) is 17.5. The first-order valence-electron chi connectivity index (χ1n) is 9.49. The summed E-state index contributed by atoms with van der Waals surface area (Å²) in [7, 11) is 4.76. The molecule has 1 unspecified atom stereocenters. The zero-order valence-corrected chi connectivity index (χ0v) is 19.9. The molecule has 0 aliphatic carbocycles. The van der Waals surface area contributed by atoms with E-state index >= 15 is 0 Å². The van der Waals surface area contributed by atoms with Crippen LogP contribution in [0.3, 0.4) is 0 Å². The molecule has 0 saturated carbocycles. The van der Waals surface area contributed by atoms with Gasteiger partial charge in [-0.2, -0.15) is 0 Å². The molecule has 1 aromatic carbocycles. The number of carbonyl (C=O) groups excluding carboxylic acids is 2. The SMILES string of the molecule is COc1c(O[Si])c(/C=C/C(=O)C(C)C(=O)C(C)(C)C)c(C)c(C)c1C(C)(C)C. The number of carbonyl (C=O) groups is 2. The third kappa shape index (κ3) is 4.93. The van der Waals surface area contributed by atoms with Gasteiger partial charge in [0.25, 0.3) is 0 Å². The van der Waals surface area contributed by atoms with Crippen LogP contribution in [-0.2, 0) is 15.0 Å². The lowest BCUT2D eigenvalue weighted by molar-refractivity contribution is -0.135. The summed E-state index contributed by atoms with van der Waals surface area (Å²) in [5, 5.41) is 0. The molecule has 3 radical (unpaired) electrons. The molecule has 1 aromatic rings. The average Bonchev–Trinajstić information content (AvgIpc) is 2.58. The molecule has 0 saturated heterocycles. The maximum atomic E-state index is 12.6. The normalized spacial score (nSPS) is 13.5. The molecule has 28 heavy (non-hydrogen) atoms. The van der Waals surface area contributed by atoms with Crippen LogP contribution in [0.15, 0.2) is 6.08 Å². The second kappa shape index (κ2) is 8.64. The average molecular weight is 402 g/mol. The molecule has 0 aromatic heterocycles. The number of hydrogen-bond donors (Lipinski definition) is 0. The second-order valence-electron chi connectivity index (χ2n) is 9.32. The fourth-order valence-corrected chi connectivity index (χ4v) is 3.66. The summed E-state index contributed by atoms with van der Waals surface area (Å²) in [6.07, 6.45) is 3.17. The molecular weight excluding hydrogens is 368 g/mol. The summed E-state index contributed by atoms with van der Waals surface area (Å²) in [4.78, 5) is 25.0. The topological polar surface area (TPSA) is 52.6 Å². The van der Waals surface area contributed by atoms with Crippen LogP contribution in [0, 0.1) is 25.2 Å². The highest BCUT2D eigenvalue weighted by molar-refractivity contribution is 6.10. The Bertz CT molecular complexity index is 793. The van der Waals surface area contributed by atoms with Gasteiger partial charge in [-0.25, -0.2) is 0 Å². The first kappa shape index (κ1) is 24.2. The number of ether oxygens (including phenoxy) is 1. The van der Waals surface area contributed by atoms with Crippen LogP contribution in [0.2, 0.25) is 0 Å². The van der Waals surface area contributed by atoms with E-state index in [1.165, 1.54) is 6.08 Å². The van der Waals surface area contributed by atoms with Crippen LogP contribution >= 0.6 is 0 Å². The molecule has 153 valence electrons. The Kier molecular flexibility index (Phi) is 7.45. The van der Waals surface area contributed by atoms with Crippen LogP contribution < -0.4 is 9.16 Å². The molecule has 0 fully saturated rings. The zero-order chi connectivity index (χ0) is 22.0. The van der Waals surface area contributed by atoms with E-state index in [4.69, 9.17) is 9.16 Å². The Balaban J connectivity index is 3.51. The maximum Gasteiger partial charge on any atom is 0.341 e. The summed E-state index contributed by atoms with van der Waals surface area (Å²) in [6, 6.07) is 0. The van der Waals surface area contributed by atoms with E-state index in [2.05, 4.69) is 31.3 Å². The third-order valence-electron chi connectivity index (χ3n) is 5.05. The van der Waals surface area contributed by atoms with Gasteiger partial charge in [-0.1, -0.05) is 41.5 Å². The van der Waals surface area contributed by atoms with Gasteiger partial charge in [0.05, 0.1) is 13.0 Å². The van der Waals surface area contributed by atoms with Crippen LogP contribution in [0.1, 0.15) is 70.7 Å². The van der Waals surface area contributed by atoms with Crippen molar-refractivity contribution in [1.82, 2.24) is 0 Å². The Labute approximate surface area is 173 Å². The number of Topliss-reactive ketones (excluding diaryl/α,β-unsaturated/α-hetero) is 1. The molecule has 0 bridgehead atoms. The lowest BCUT2D eigenvalue weighted by atomic mass is 9.80. The standard InChI is InChI=1S/C23H33O4Si/c1-13-14(2)18(22(4,5)6)20(26-10)19(27-28)16(13)11-12-17(24)15(3)21(25)23(7,8)9/h11-12,15H,1-10H3/b12-11+. The van der Waals surface area contributed by atoms with Crippen molar-refractivity contribution in [3.8, 4) is 11.5 Å². The number of ketones is 2. The summed E-state index contributed by atoms with van der Waals surface area (Å²) in [5.74, 6) is 0.159. The molecule has 0 aliphatic rings. The number of benzene rings is 1. The monoisotopic (exact) mass is 401 g/mol. The van der Waals surface area contributed by atoms with Gasteiger partial charge in [0.15, 0.2) is 17.3 Å². The van der Waals surface area contributed by atoms with Gasteiger partial charge < -0.3 is 9.16 Å². The second-order valence-corrected chi connectivity index (χ2v) is 9.53. The summed E-state index contributed by atoms with van der Waals surface area (Å²) in [5.41, 5.74) is 3.18. The smallest absolute Gasteiger partial charge is 0.341 e. The lowest BCUT2D eigenvalue weighted by Gasteiger charge is -2.28. The van der Waals surface area contributed by atoms with Crippen molar-refractivity contribution in [1.29, 1.82) is 0 Å². The van der Waals surface area contributed by atoms with Crippen molar-refractivity contribution in [3.63, 3.8) is 0 Å². The highest BCUT2D eigenvalue weighted by Gasteiger charge is 2.31. The van der Waals surface area contributed by atoms with Gasteiger partial charge in [-0.05, 0) is 49.5 Å². The molecule has 0 N–H and O–H groups in total. The first-order valence-corrected chi connectivity index (χ1v) is 9.90. The maximum absolute atomic E-state index is 12.6. The van der Waals surface area contributed by atoms with Crippen LogP contribution in [0.4, 0.5) is 0 Å². The van der Waals surface area contributed by atoms with Crippen molar-refractivity contribution in [2.45, 2.75) is 67.7 Å². The molecule has 0 amide bonds.